The summed E-state index contributed by atoms with van der Waals surface area (Å²) in [6, 6.07) is 7.12. The van der Waals surface area contributed by atoms with Crippen LogP contribution in [0.5, 0.6) is 5.75 Å². The number of hydrogen-bond acceptors (Lipinski definition) is 7. The monoisotopic (exact) mass is 761 g/mol. The number of carbonyl (C=O) groups excluding carboxylic acids is 1. The van der Waals surface area contributed by atoms with E-state index in [1.165, 1.54) is 6.07 Å². The number of rotatable bonds is 9. The molecule has 9 nitrogen and oxygen atoms in total. The minimum Gasteiger partial charge on any atom is -0.493 e. The lowest BCUT2D eigenvalue weighted by Crippen LogP contribution is -2.44. The van der Waals surface area contributed by atoms with Gasteiger partial charge < -0.3 is 14.7 Å². The van der Waals surface area contributed by atoms with Crippen LogP contribution in [0.4, 0.5) is 24.5 Å². The van der Waals surface area contributed by atoms with Crippen molar-refractivity contribution in [2.24, 2.45) is 5.92 Å². The average molecular weight is 764 g/mol. The number of halogens is 7. The van der Waals surface area contributed by atoms with Crippen LogP contribution in [0, 0.1) is 17.2 Å². The highest BCUT2D eigenvalue weighted by Crippen LogP contribution is 2.40. The Labute approximate surface area is 302 Å². The molecule has 47 heavy (non-hydrogen) atoms. The molecular formula is C30H38Cl4F3N5O4S. The molecule has 1 unspecified atom stereocenters. The molecule has 1 aromatic heterocycles. The van der Waals surface area contributed by atoms with Crippen LogP contribution in [0.2, 0.25) is 0 Å². The van der Waals surface area contributed by atoms with Gasteiger partial charge in [0.2, 0.25) is 0 Å². The van der Waals surface area contributed by atoms with E-state index < -0.39 is 40.9 Å². The molecule has 0 aliphatic carbocycles. The van der Waals surface area contributed by atoms with Crippen molar-refractivity contribution in [1.82, 2.24) is 9.88 Å². The van der Waals surface area contributed by atoms with Crippen LogP contribution in [0.1, 0.15) is 63.8 Å². The standard InChI is InChI=1S/C30H34F3N5O4S.4ClH/c1-5-20-14-21(6-7-25(20)42-13-10-19-8-11-36(12-9-19)18(2)26(39)40)38-28(43)37(27(41)29(38,3)4)22-15-23(30(31,32)33)24(16-34)35-17-22;;;;/h6-7,14-15,17-19H,5,8-13H2,1-4H3,(H,39,40);4*1H. The van der Waals surface area contributed by atoms with E-state index in [1.54, 1.807) is 31.7 Å². The van der Waals surface area contributed by atoms with Gasteiger partial charge in [0.1, 0.15) is 23.4 Å². The van der Waals surface area contributed by atoms with E-state index >= 15 is 0 Å². The zero-order valence-corrected chi connectivity index (χ0v) is 30.2. The first kappa shape index (κ1) is 44.4. The van der Waals surface area contributed by atoms with Crippen LogP contribution in [0.15, 0.2) is 30.5 Å². The summed E-state index contributed by atoms with van der Waals surface area (Å²) in [5, 5.41) is 18.3. The van der Waals surface area contributed by atoms with Gasteiger partial charge in [-0.15, -0.1) is 49.6 Å². The number of anilines is 2. The first-order valence-electron chi connectivity index (χ1n) is 14.1. The van der Waals surface area contributed by atoms with Gasteiger partial charge in [0.05, 0.1) is 24.1 Å². The fourth-order valence-corrected chi connectivity index (χ4v) is 6.10. The molecule has 1 aromatic carbocycles. The second kappa shape index (κ2) is 17.7. The highest BCUT2D eigenvalue weighted by molar-refractivity contribution is 7.81. The average Bonchev–Trinajstić information content (AvgIpc) is 3.14. The van der Waals surface area contributed by atoms with Crippen molar-refractivity contribution >= 4 is 90.2 Å². The third-order valence-corrected chi connectivity index (χ3v) is 8.60. The molecule has 2 aliphatic heterocycles. The molecule has 0 spiro atoms. The maximum atomic E-state index is 13.6. The summed E-state index contributed by atoms with van der Waals surface area (Å²) in [5.74, 6) is -0.204. The number of likely N-dealkylation sites (tertiary alicyclic amines) is 1. The molecule has 1 N–H and O–H groups in total. The third-order valence-electron chi connectivity index (χ3n) is 8.23. The Balaban J connectivity index is 0.00000529. The number of nitrogens with zero attached hydrogens (tertiary/aromatic N) is 5. The van der Waals surface area contributed by atoms with Crippen LogP contribution in [0.3, 0.4) is 0 Å². The van der Waals surface area contributed by atoms with Crippen molar-refractivity contribution < 1.29 is 32.6 Å². The summed E-state index contributed by atoms with van der Waals surface area (Å²) in [6.45, 7) is 8.94. The zero-order chi connectivity index (χ0) is 31.7. The van der Waals surface area contributed by atoms with Crippen LogP contribution in [-0.4, -0.2) is 63.3 Å². The maximum Gasteiger partial charge on any atom is 0.419 e. The van der Waals surface area contributed by atoms with Crippen molar-refractivity contribution in [2.45, 2.75) is 71.1 Å². The number of thiocarbonyl (C=S) groups is 1. The van der Waals surface area contributed by atoms with Gasteiger partial charge >= 0.3 is 12.1 Å². The largest absolute Gasteiger partial charge is 0.493 e. The number of benzene rings is 1. The van der Waals surface area contributed by atoms with Gasteiger partial charge in [0, 0.05) is 5.69 Å². The summed E-state index contributed by atoms with van der Waals surface area (Å²) in [7, 11) is 0. The SMILES string of the molecule is CCc1cc(N2C(=S)N(c3cnc(C#N)c(C(F)(F)F)c3)C(=O)C2(C)C)ccc1OCCC1CCN(C(C)C(=O)O)CC1.Cl.Cl.Cl.Cl. The van der Waals surface area contributed by atoms with Gasteiger partial charge in [0.15, 0.2) is 10.8 Å². The van der Waals surface area contributed by atoms with E-state index in [0.29, 0.717) is 30.4 Å². The Morgan fingerprint density at radius 3 is 2.32 bits per heavy atom. The zero-order valence-electron chi connectivity index (χ0n) is 26.1. The molecular weight excluding hydrogens is 725 g/mol. The van der Waals surface area contributed by atoms with Gasteiger partial charge in [-0.25, -0.2) is 4.98 Å². The Morgan fingerprint density at radius 1 is 1.17 bits per heavy atom. The molecule has 0 saturated carbocycles. The summed E-state index contributed by atoms with van der Waals surface area (Å²) in [4.78, 5) is 33.0. The number of alkyl halides is 3. The van der Waals surface area contributed by atoms with Gasteiger partial charge in [-0.1, -0.05) is 6.92 Å². The van der Waals surface area contributed by atoms with Crippen molar-refractivity contribution in [1.29, 1.82) is 5.26 Å². The molecule has 2 fully saturated rings. The summed E-state index contributed by atoms with van der Waals surface area (Å²) < 4.78 is 47.0. The van der Waals surface area contributed by atoms with Crippen LogP contribution >= 0.6 is 61.8 Å². The van der Waals surface area contributed by atoms with Crippen molar-refractivity contribution in [3.05, 3.63) is 47.3 Å². The lowest BCUT2D eigenvalue weighted by Gasteiger charge is -2.34. The fourth-order valence-electron chi connectivity index (χ4n) is 5.58. The molecule has 2 aromatic rings. The Kier molecular flexibility index (Phi) is 16.7. The number of nitriles is 1. The van der Waals surface area contributed by atoms with Crippen LogP contribution in [0.25, 0.3) is 0 Å². The van der Waals surface area contributed by atoms with Gasteiger partial charge in [-0.05, 0) is 108 Å². The van der Waals surface area contributed by atoms with Crippen molar-refractivity contribution in [3.63, 3.8) is 0 Å². The first-order valence-corrected chi connectivity index (χ1v) is 14.5. The molecule has 17 heteroatoms. The number of aliphatic carboxylic acids is 1. The predicted molar refractivity (Wildman–Crippen MR) is 187 cm³/mol. The number of carbonyl (C=O) groups is 2. The smallest absolute Gasteiger partial charge is 0.419 e. The molecule has 4 rings (SSSR count). The third kappa shape index (κ3) is 9.31. The van der Waals surface area contributed by atoms with E-state index in [2.05, 4.69) is 4.98 Å². The number of pyridine rings is 1. The molecule has 3 heterocycles. The number of hydrogen-bond donors (Lipinski definition) is 1. The number of amides is 1. The number of aromatic nitrogens is 1. The van der Waals surface area contributed by atoms with E-state index in [0.717, 1.165) is 55.1 Å². The normalized spacial score (nSPS) is 17.0. The topological polar surface area (TPSA) is 110 Å². The Bertz CT molecular complexity index is 1470. The number of piperidine rings is 1. The Morgan fingerprint density at radius 2 is 1.79 bits per heavy atom. The molecule has 0 radical (unpaired) electrons. The summed E-state index contributed by atoms with van der Waals surface area (Å²) in [6.07, 6.45) is -0.511. The van der Waals surface area contributed by atoms with E-state index in [4.69, 9.17) is 22.2 Å². The lowest BCUT2D eigenvalue weighted by atomic mass is 9.93. The number of ether oxygens (including phenoxy) is 1. The second-order valence-electron chi connectivity index (χ2n) is 11.3. The molecule has 2 saturated heterocycles. The van der Waals surface area contributed by atoms with Gasteiger partial charge in [-0.2, -0.15) is 18.4 Å². The second-order valence-corrected chi connectivity index (χ2v) is 11.7. The lowest BCUT2D eigenvalue weighted by molar-refractivity contribution is -0.143. The van der Waals surface area contributed by atoms with E-state index in [1.807, 2.05) is 24.0 Å². The Hall–Kier alpha value is -2.60. The maximum absolute atomic E-state index is 13.6. The molecule has 1 atom stereocenters. The first-order chi connectivity index (χ1) is 20.2. The highest BCUT2D eigenvalue weighted by Gasteiger charge is 2.51. The van der Waals surface area contributed by atoms with Crippen molar-refractivity contribution in [2.75, 3.05) is 29.5 Å². The highest BCUT2D eigenvalue weighted by atomic mass is 35.5. The number of carboxylic acids is 1. The predicted octanol–water partition coefficient (Wildman–Crippen LogP) is 7.09. The van der Waals surface area contributed by atoms with Gasteiger partial charge in [0.25, 0.3) is 5.91 Å². The molecule has 1 amide bonds. The fraction of sp³-hybridized carbons (Fsp3) is 0.500. The molecule has 0 bridgehead atoms. The van der Waals surface area contributed by atoms with E-state index in [9.17, 15) is 27.9 Å². The minimum absolute atomic E-state index is 0. The summed E-state index contributed by atoms with van der Waals surface area (Å²) in [5.41, 5.74) is -1.94. The molecule has 2 aliphatic rings. The molecule has 262 valence electrons. The van der Waals surface area contributed by atoms with Crippen molar-refractivity contribution in [3.8, 4) is 11.8 Å². The van der Waals surface area contributed by atoms with Crippen LogP contribution < -0.4 is 14.5 Å². The quantitative estimate of drug-likeness (QED) is 0.268. The van der Waals surface area contributed by atoms with Gasteiger partial charge in [-0.3, -0.25) is 19.4 Å². The number of carboxylic acid groups (broad SMARTS) is 1. The van der Waals surface area contributed by atoms with Crippen LogP contribution in [-0.2, 0) is 22.2 Å². The number of aryl methyl sites for hydroxylation is 1. The minimum atomic E-state index is -4.84. The van der Waals surface area contributed by atoms with E-state index in [-0.39, 0.29) is 60.4 Å². The summed E-state index contributed by atoms with van der Waals surface area (Å²) >= 11 is 5.63.